The quantitative estimate of drug-likeness (QED) is 0.260. The van der Waals surface area contributed by atoms with Gasteiger partial charge in [-0.1, -0.05) is 96.1 Å². The Bertz CT molecular complexity index is 1290. The number of aliphatic carboxylic acids is 1. The predicted molar refractivity (Wildman–Crippen MR) is 161 cm³/mol. The van der Waals surface area contributed by atoms with Crippen LogP contribution in [0.1, 0.15) is 76.3 Å². The van der Waals surface area contributed by atoms with E-state index in [4.69, 9.17) is 14.9 Å². The third-order valence-corrected chi connectivity index (χ3v) is 6.04. The first-order valence-electron chi connectivity index (χ1n) is 13.1. The van der Waals surface area contributed by atoms with Crippen molar-refractivity contribution in [3.8, 4) is 11.5 Å². The average Bonchev–Trinajstić information content (AvgIpc) is 2.83. The van der Waals surface area contributed by atoms with E-state index in [0.717, 1.165) is 24.5 Å². The summed E-state index contributed by atoms with van der Waals surface area (Å²) in [4.78, 5) is 18.5. The number of phenolic OH excluding ortho intramolecular Hbond substituents is 2. The zero-order valence-electron chi connectivity index (χ0n) is 24.5. The van der Waals surface area contributed by atoms with E-state index in [1.54, 1.807) is 12.4 Å². The number of carboxylic acids is 1. The van der Waals surface area contributed by atoms with Gasteiger partial charge in [0.15, 0.2) is 0 Å². The zero-order chi connectivity index (χ0) is 29.2. The van der Waals surface area contributed by atoms with Crippen LogP contribution in [0.2, 0.25) is 0 Å². The van der Waals surface area contributed by atoms with Crippen molar-refractivity contribution in [2.75, 3.05) is 6.54 Å². The number of carboxylic acid groups (broad SMARTS) is 1. The number of rotatable bonds is 7. The summed E-state index contributed by atoms with van der Waals surface area (Å²) in [6.45, 7) is 14.0. The van der Waals surface area contributed by atoms with E-state index in [2.05, 4.69) is 58.7 Å². The van der Waals surface area contributed by atoms with E-state index < -0.39 is 5.97 Å². The molecule has 0 bridgehead atoms. The molecule has 3 rings (SSSR count). The molecule has 1 unspecified atom stereocenters. The van der Waals surface area contributed by atoms with Crippen molar-refractivity contribution in [2.45, 2.75) is 71.8 Å². The van der Waals surface area contributed by atoms with Crippen molar-refractivity contribution in [1.29, 1.82) is 0 Å². The maximum absolute atomic E-state index is 10.8. The number of hydrogen-bond acceptors (Lipinski definition) is 5. The molecule has 0 aliphatic carbocycles. The Balaban J connectivity index is 0.00000150. The number of nitrogens with zero attached hydrogens (tertiary/aromatic N) is 2. The summed E-state index contributed by atoms with van der Waals surface area (Å²) in [6, 6.07) is 21.7. The zero-order valence-corrected chi connectivity index (χ0v) is 25.5. The van der Waals surface area contributed by atoms with Gasteiger partial charge in [-0.05, 0) is 46.1 Å². The van der Waals surface area contributed by atoms with Crippen molar-refractivity contribution in [1.82, 2.24) is 0 Å². The van der Waals surface area contributed by atoms with Crippen LogP contribution in [0.3, 0.4) is 0 Å². The van der Waals surface area contributed by atoms with Gasteiger partial charge in [-0.25, -0.2) is 0 Å². The Morgan fingerprint density at radius 1 is 0.775 bits per heavy atom. The molecular weight excluding hydrogens is 547 g/mol. The first-order valence-corrected chi connectivity index (χ1v) is 13.1. The van der Waals surface area contributed by atoms with Gasteiger partial charge in [0.2, 0.25) is 0 Å². The Morgan fingerprint density at radius 3 is 1.68 bits per heavy atom. The van der Waals surface area contributed by atoms with E-state index in [9.17, 15) is 10.2 Å². The van der Waals surface area contributed by atoms with Crippen LogP contribution in [0, 0.1) is 0 Å². The Labute approximate surface area is 249 Å². The van der Waals surface area contributed by atoms with Gasteiger partial charge < -0.3 is 15.3 Å². The van der Waals surface area contributed by atoms with Gasteiger partial charge >= 0.3 is 0 Å². The Morgan fingerprint density at radius 2 is 1.23 bits per heavy atom. The summed E-state index contributed by atoms with van der Waals surface area (Å²) >= 11 is 0. The van der Waals surface area contributed by atoms with Crippen LogP contribution < -0.4 is 0 Å². The van der Waals surface area contributed by atoms with Crippen molar-refractivity contribution in [3.63, 3.8) is 0 Å². The third kappa shape index (κ3) is 11.0. The number of benzene rings is 3. The second-order valence-corrected chi connectivity index (χ2v) is 11.6. The maximum Gasteiger partial charge on any atom is 0.300 e. The molecule has 40 heavy (non-hydrogen) atoms. The summed E-state index contributed by atoms with van der Waals surface area (Å²) in [5.74, 6) is -0.287. The summed E-state index contributed by atoms with van der Waals surface area (Å²) in [5.41, 5.74) is 4.06. The minimum atomic E-state index is -0.833. The molecule has 0 aliphatic heterocycles. The molecule has 6 nitrogen and oxygen atoms in total. The van der Waals surface area contributed by atoms with Crippen LogP contribution in [0.25, 0.3) is 0 Å². The molecule has 1 atom stereocenters. The minimum Gasteiger partial charge on any atom is -0.507 e. The predicted octanol–water partition coefficient (Wildman–Crippen LogP) is 6.93. The maximum atomic E-state index is 10.8. The molecule has 0 heterocycles. The van der Waals surface area contributed by atoms with Gasteiger partial charge in [0.1, 0.15) is 11.5 Å². The molecule has 217 valence electrons. The fourth-order valence-electron chi connectivity index (χ4n) is 4.05. The van der Waals surface area contributed by atoms with Crippen LogP contribution >= 0.6 is 0 Å². The summed E-state index contributed by atoms with van der Waals surface area (Å²) in [7, 11) is 0. The third-order valence-electron chi connectivity index (χ3n) is 6.04. The molecule has 3 aromatic rings. The van der Waals surface area contributed by atoms with Crippen molar-refractivity contribution in [2.24, 2.45) is 9.98 Å². The van der Waals surface area contributed by atoms with Crippen molar-refractivity contribution >= 4 is 18.4 Å². The molecule has 1 radical (unpaired) electrons. The molecule has 0 amide bonds. The molecule has 3 aromatic carbocycles. The van der Waals surface area contributed by atoms with Gasteiger partial charge in [0.05, 0.1) is 12.6 Å². The normalized spacial score (nSPS) is 12.5. The van der Waals surface area contributed by atoms with Crippen LogP contribution in [0.15, 0.2) is 76.7 Å². The molecule has 0 saturated heterocycles. The molecule has 0 aromatic heterocycles. The smallest absolute Gasteiger partial charge is 0.300 e. The molecular formula is C33H42CoN2O4. The van der Waals surface area contributed by atoms with Crippen molar-refractivity contribution in [3.05, 3.63) is 94.5 Å². The standard InChI is InChI=1S/C31H38N2O2.C2H4O2.Co/c1-30(2,3)26-16-10-14-23(28(26)34)19-32-21-25(18-22-12-8-7-9-13-22)33-20-24-15-11-17-27(29(24)35)31(4,5)6;1-2(3)4;/h7-17,19-20,25,34-35H,18,21H2,1-6H3;1H3,(H,3,4);. The first-order chi connectivity index (χ1) is 18.2. The Kier molecular flexibility index (Phi) is 13.3. The van der Waals surface area contributed by atoms with E-state index in [0.29, 0.717) is 17.7 Å². The summed E-state index contributed by atoms with van der Waals surface area (Å²) in [5, 5.41) is 29.0. The summed E-state index contributed by atoms with van der Waals surface area (Å²) < 4.78 is 0. The number of para-hydroxylation sites is 2. The molecule has 0 aliphatic rings. The van der Waals surface area contributed by atoms with Gasteiger partial charge in [-0.3, -0.25) is 14.8 Å². The fraction of sp³-hybridized carbons (Fsp3) is 0.364. The molecule has 7 heteroatoms. The molecule has 0 spiro atoms. The van der Waals surface area contributed by atoms with Crippen LogP contribution in [-0.2, 0) is 38.8 Å². The van der Waals surface area contributed by atoms with E-state index >= 15 is 0 Å². The van der Waals surface area contributed by atoms with Gasteiger partial charge in [-0.15, -0.1) is 0 Å². The van der Waals surface area contributed by atoms with Gasteiger partial charge in [0, 0.05) is 47.3 Å². The Hall–Kier alpha value is -3.42. The number of hydrogen-bond donors (Lipinski definition) is 3. The van der Waals surface area contributed by atoms with E-state index in [-0.39, 0.29) is 45.1 Å². The molecule has 0 fully saturated rings. The summed E-state index contributed by atoms with van der Waals surface area (Å²) in [6.07, 6.45) is 4.21. The largest absolute Gasteiger partial charge is 0.507 e. The van der Waals surface area contributed by atoms with Crippen LogP contribution in [-0.4, -0.2) is 46.3 Å². The SMILES string of the molecule is CC(=O)O.CC(C)(C)c1cccc(C=NCC(Cc2ccccc2)N=Cc2cccc(C(C)(C)C)c2O)c1O.[Co]. The molecule has 3 N–H and O–H groups in total. The van der Waals surface area contributed by atoms with Crippen LogP contribution in [0.5, 0.6) is 11.5 Å². The van der Waals surface area contributed by atoms with E-state index in [1.807, 2.05) is 54.6 Å². The van der Waals surface area contributed by atoms with Gasteiger partial charge in [-0.2, -0.15) is 0 Å². The molecule has 0 saturated carbocycles. The van der Waals surface area contributed by atoms with Gasteiger partial charge in [0.25, 0.3) is 5.97 Å². The van der Waals surface area contributed by atoms with Crippen LogP contribution in [0.4, 0.5) is 0 Å². The number of aromatic hydroxyl groups is 2. The average molecular weight is 590 g/mol. The minimum absolute atomic E-state index is 0. The second kappa shape index (κ2) is 15.4. The first kappa shape index (κ1) is 34.6. The number of aliphatic imine (C=N–C) groups is 2. The topological polar surface area (TPSA) is 102 Å². The van der Waals surface area contributed by atoms with E-state index in [1.165, 1.54) is 5.56 Å². The monoisotopic (exact) mass is 589 g/mol. The van der Waals surface area contributed by atoms with Crippen molar-refractivity contribution < 1.29 is 36.9 Å². The number of phenols is 2. The second-order valence-electron chi connectivity index (χ2n) is 11.6. The fourth-order valence-corrected chi connectivity index (χ4v) is 4.05. The number of carbonyl (C=O) groups is 1.